The van der Waals surface area contributed by atoms with E-state index in [2.05, 4.69) is 21.5 Å². The van der Waals surface area contributed by atoms with Gasteiger partial charge in [-0.25, -0.2) is 9.98 Å². The summed E-state index contributed by atoms with van der Waals surface area (Å²) in [5.74, 6) is 0.279. The van der Waals surface area contributed by atoms with Crippen LogP contribution in [0.25, 0.3) is 0 Å². The summed E-state index contributed by atoms with van der Waals surface area (Å²) in [5.41, 5.74) is 5.88. The minimum absolute atomic E-state index is 0.0917. The van der Waals surface area contributed by atoms with E-state index in [1.54, 1.807) is 0 Å². The Morgan fingerprint density at radius 2 is 2.33 bits per heavy atom. The number of hydrogen-bond acceptors (Lipinski definition) is 3. The summed E-state index contributed by atoms with van der Waals surface area (Å²) < 4.78 is 0. The quantitative estimate of drug-likeness (QED) is 0.569. The molecular formula is C6H6Cl2N4. The summed E-state index contributed by atoms with van der Waals surface area (Å²) in [7, 11) is 0. The highest BCUT2D eigenvalue weighted by Gasteiger charge is 2.06. The first-order valence-electron chi connectivity index (χ1n) is 2.99. The van der Waals surface area contributed by atoms with Gasteiger partial charge in [0.15, 0.2) is 11.0 Å². The predicted octanol–water partition coefficient (Wildman–Crippen LogP) is 1.69. The summed E-state index contributed by atoms with van der Waals surface area (Å²) in [4.78, 5) is 10.1. The number of aromatic amines is 1. The van der Waals surface area contributed by atoms with E-state index < -0.39 is 0 Å². The van der Waals surface area contributed by atoms with Crippen molar-refractivity contribution in [1.82, 2.24) is 9.97 Å². The van der Waals surface area contributed by atoms with Crippen molar-refractivity contribution < 1.29 is 0 Å². The van der Waals surface area contributed by atoms with Crippen molar-refractivity contribution >= 4 is 34.2 Å². The number of hydrogen-bond donors (Lipinski definition) is 2. The summed E-state index contributed by atoms with van der Waals surface area (Å²) >= 11 is 11.1. The molecule has 1 aromatic rings. The Morgan fingerprint density at radius 1 is 1.67 bits per heavy atom. The van der Waals surface area contributed by atoms with E-state index in [-0.39, 0.29) is 16.1 Å². The van der Waals surface area contributed by atoms with Crippen molar-refractivity contribution in [2.75, 3.05) is 5.73 Å². The average Bonchev–Trinajstić information content (AvgIpc) is 2.33. The molecule has 6 heteroatoms. The maximum Gasteiger partial charge on any atom is 0.158 e. The number of nitrogens with two attached hydrogens (primary N) is 1. The predicted molar refractivity (Wildman–Crippen MR) is 50.4 cm³/mol. The smallest absolute Gasteiger partial charge is 0.158 e. The Balaban J connectivity index is 2.99. The van der Waals surface area contributed by atoms with Gasteiger partial charge in [0.2, 0.25) is 0 Å². The lowest BCUT2D eigenvalue weighted by Gasteiger charge is -1.93. The molecule has 3 N–H and O–H groups in total. The molecule has 0 aliphatic rings. The largest absolute Gasteiger partial charge is 0.382 e. The van der Waals surface area contributed by atoms with E-state index in [9.17, 15) is 0 Å². The molecule has 0 fully saturated rings. The summed E-state index contributed by atoms with van der Waals surface area (Å²) in [6, 6.07) is 0. The van der Waals surface area contributed by atoms with E-state index in [1.165, 1.54) is 6.33 Å². The first kappa shape index (κ1) is 9.09. The van der Waals surface area contributed by atoms with E-state index in [4.69, 9.17) is 28.9 Å². The molecule has 0 amide bonds. The monoisotopic (exact) mass is 204 g/mol. The molecule has 0 saturated carbocycles. The zero-order valence-corrected chi connectivity index (χ0v) is 7.52. The van der Waals surface area contributed by atoms with Gasteiger partial charge in [-0.1, -0.05) is 29.8 Å². The highest BCUT2D eigenvalue weighted by atomic mass is 35.5. The lowest BCUT2D eigenvalue weighted by Crippen LogP contribution is -1.97. The maximum absolute atomic E-state index is 5.70. The summed E-state index contributed by atoms with van der Waals surface area (Å²) in [5, 5.41) is 0.235. The van der Waals surface area contributed by atoms with Crippen LogP contribution in [0.5, 0.6) is 0 Å². The number of aromatic nitrogens is 2. The number of anilines is 1. The Morgan fingerprint density at radius 3 is 2.75 bits per heavy atom. The van der Waals surface area contributed by atoms with Crippen LogP contribution in [0.4, 0.5) is 5.82 Å². The van der Waals surface area contributed by atoms with Gasteiger partial charge in [0.1, 0.15) is 10.9 Å². The van der Waals surface area contributed by atoms with E-state index in [0.717, 1.165) is 0 Å². The fraction of sp³-hybridized carbons (Fsp3) is 0. The van der Waals surface area contributed by atoms with E-state index in [0.29, 0.717) is 5.69 Å². The number of nitrogen functional groups attached to an aromatic ring is 1. The van der Waals surface area contributed by atoms with Crippen LogP contribution < -0.4 is 5.73 Å². The van der Waals surface area contributed by atoms with Crippen LogP contribution in [0.2, 0.25) is 0 Å². The molecule has 0 saturated heterocycles. The van der Waals surface area contributed by atoms with Gasteiger partial charge in [-0.2, -0.15) is 0 Å². The fourth-order valence-corrected chi connectivity index (χ4v) is 1.01. The van der Waals surface area contributed by atoms with Crippen LogP contribution in [0.1, 0.15) is 5.69 Å². The first-order valence-corrected chi connectivity index (χ1v) is 3.74. The molecule has 0 aliphatic carbocycles. The second kappa shape index (κ2) is 3.60. The minimum Gasteiger partial charge on any atom is -0.382 e. The molecule has 0 aliphatic heterocycles. The lowest BCUT2D eigenvalue weighted by atomic mass is 10.5. The summed E-state index contributed by atoms with van der Waals surface area (Å²) in [6.07, 6.45) is 1.42. The van der Waals surface area contributed by atoms with Gasteiger partial charge in [-0.05, 0) is 0 Å². The molecule has 0 radical (unpaired) electrons. The molecule has 1 rings (SSSR count). The molecular weight excluding hydrogens is 199 g/mol. The normalized spacial score (nSPS) is 11.7. The molecule has 0 unspecified atom stereocenters. The van der Waals surface area contributed by atoms with Crippen LogP contribution in [-0.4, -0.2) is 15.1 Å². The molecule has 1 aromatic heterocycles. The molecule has 12 heavy (non-hydrogen) atoms. The Kier molecular flexibility index (Phi) is 2.73. The number of halogens is 2. The Labute approximate surface area is 79.1 Å². The molecule has 0 spiro atoms. The second-order valence-electron chi connectivity index (χ2n) is 1.94. The minimum atomic E-state index is 0.0917. The third kappa shape index (κ3) is 1.99. The lowest BCUT2D eigenvalue weighted by molar-refractivity contribution is 1.31. The highest BCUT2D eigenvalue weighted by Crippen LogP contribution is 2.11. The topological polar surface area (TPSA) is 67.1 Å². The SMILES string of the molecule is C=C(Cl)/N=C(/Cl)c1[nH]cnc1N. The second-order valence-corrected chi connectivity index (χ2v) is 2.74. The number of nitrogens with zero attached hydrogens (tertiary/aromatic N) is 2. The first-order chi connectivity index (χ1) is 5.61. The van der Waals surface area contributed by atoms with Crippen molar-refractivity contribution in [1.29, 1.82) is 0 Å². The van der Waals surface area contributed by atoms with Crippen LogP contribution in [0, 0.1) is 0 Å². The standard InChI is InChI=1S/C6H6Cl2N4/c1-3(7)12-5(8)4-6(9)11-2-10-4/h2H,1,9H2,(H,10,11)/b12-5+. The van der Waals surface area contributed by atoms with Crippen molar-refractivity contribution in [3.63, 3.8) is 0 Å². The van der Waals surface area contributed by atoms with Gasteiger partial charge in [-0.3, -0.25) is 0 Å². The highest BCUT2D eigenvalue weighted by molar-refractivity contribution is 6.70. The third-order valence-electron chi connectivity index (χ3n) is 1.09. The maximum atomic E-state index is 5.70. The van der Waals surface area contributed by atoms with Crippen LogP contribution in [-0.2, 0) is 0 Å². The fourth-order valence-electron chi connectivity index (χ4n) is 0.633. The van der Waals surface area contributed by atoms with Crippen molar-refractivity contribution in [3.8, 4) is 0 Å². The van der Waals surface area contributed by atoms with Gasteiger partial charge >= 0.3 is 0 Å². The number of nitrogens with one attached hydrogen (secondary N) is 1. The molecule has 4 nitrogen and oxygen atoms in total. The van der Waals surface area contributed by atoms with E-state index in [1.807, 2.05) is 0 Å². The van der Waals surface area contributed by atoms with Crippen molar-refractivity contribution in [2.45, 2.75) is 0 Å². The van der Waals surface area contributed by atoms with Gasteiger partial charge in [0.05, 0.1) is 6.33 Å². The Bertz CT molecular complexity index is 328. The number of H-pyrrole nitrogens is 1. The molecule has 1 heterocycles. The number of aliphatic imine (C=N–C) groups is 1. The van der Waals surface area contributed by atoms with Gasteiger partial charge in [0, 0.05) is 0 Å². The van der Waals surface area contributed by atoms with Crippen molar-refractivity contribution in [2.24, 2.45) is 4.99 Å². The van der Waals surface area contributed by atoms with Gasteiger partial charge < -0.3 is 10.7 Å². The summed E-state index contributed by atoms with van der Waals surface area (Å²) in [6.45, 7) is 3.35. The van der Waals surface area contributed by atoms with Crippen LogP contribution in [0.15, 0.2) is 23.1 Å². The van der Waals surface area contributed by atoms with Gasteiger partial charge in [0.25, 0.3) is 0 Å². The third-order valence-corrected chi connectivity index (χ3v) is 1.45. The van der Waals surface area contributed by atoms with Crippen molar-refractivity contribution in [3.05, 3.63) is 23.8 Å². The van der Waals surface area contributed by atoms with Gasteiger partial charge in [-0.15, -0.1) is 0 Å². The molecule has 0 atom stereocenters. The van der Waals surface area contributed by atoms with Crippen LogP contribution >= 0.6 is 23.2 Å². The molecule has 0 aromatic carbocycles. The molecule has 64 valence electrons. The molecule has 0 bridgehead atoms. The number of rotatable bonds is 2. The zero-order chi connectivity index (χ0) is 9.14. The zero-order valence-electron chi connectivity index (χ0n) is 6.01. The average molecular weight is 205 g/mol. The van der Waals surface area contributed by atoms with Crippen LogP contribution in [0.3, 0.4) is 0 Å². The van der Waals surface area contributed by atoms with E-state index >= 15 is 0 Å². The Hall–Kier alpha value is -1.00. The number of imidazole rings is 1.